The predicted molar refractivity (Wildman–Crippen MR) is 73.1 cm³/mol. The van der Waals surface area contributed by atoms with Gasteiger partial charge in [0.05, 0.1) is 31.5 Å². The van der Waals surface area contributed by atoms with Crippen molar-refractivity contribution in [2.75, 3.05) is 53.5 Å². The molecule has 0 spiro atoms. The zero-order valence-corrected chi connectivity index (χ0v) is 12.0. The zero-order chi connectivity index (χ0) is 14.3. The smallest absolute Gasteiger partial charge is 0.0937 e. The summed E-state index contributed by atoms with van der Waals surface area (Å²) in [7, 11) is 4.04. The Labute approximate surface area is 115 Å². The summed E-state index contributed by atoms with van der Waals surface area (Å²) in [5.41, 5.74) is 0. The van der Waals surface area contributed by atoms with Crippen LogP contribution in [0.3, 0.4) is 0 Å². The van der Waals surface area contributed by atoms with Crippen LogP contribution in [0.1, 0.15) is 12.8 Å². The van der Waals surface area contributed by atoms with E-state index in [4.69, 9.17) is 20.1 Å². The Hall–Kier alpha value is -0.240. The molecular formula is C13H28N2O4. The molecule has 2 rings (SSSR count). The van der Waals surface area contributed by atoms with Gasteiger partial charge in [0.1, 0.15) is 0 Å². The minimum atomic E-state index is -0.133. The molecule has 0 aromatic carbocycles. The first-order valence-corrected chi connectivity index (χ1v) is 6.97. The van der Waals surface area contributed by atoms with Crippen molar-refractivity contribution < 1.29 is 20.1 Å². The Kier molecular flexibility index (Phi) is 7.82. The van der Waals surface area contributed by atoms with Gasteiger partial charge < -0.3 is 29.9 Å². The molecule has 3 N–H and O–H groups in total. The number of piperidine rings is 1. The molecule has 114 valence electrons. The molecule has 2 aliphatic heterocycles. The second kappa shape index (κ2) is 8.84. The lowest BCUT2D eigenvalue weighted by Crippen LogP contribution is -2.48. The Morgan fingerprint density at radius 2 is 1.42 bits per heavy atom. The summed E-state index contributed by atoms with van der Waals surface area (Å²) in [5, 5.41) is 26.6. The number of hydrogen-bond acceptors (Lipinski definition) is 6. The van der Waals surface area contributed by atoms with E-state index in [0.717, 1.165) is 39.0 Å². The van der Waals surface area contributed by atoms with E-state index in [0.29, 0.717) is 0 Å². The average Bonchev–Trinajstić information content (AvgIpc) is 2.42. The highest BCUT2D eigenvalue weighted by atomic mass is 16.5. The summed E-state index contributed by atoms with van der Waals surface area (Å²) in [6.45, 7) is 3.66. The van der Waals surface area contributed by atoms with E-state index < -0.39 is 0 Å². The maximum Gasteiger partial charge on any atom is 0.0937 e. The predicted octanol–water partition coefficient (Wildman–Crippen LogP) is -1.26. The lowest BCUT2D eigenvalue weighted by Gasteiger charge is -2.34. The fourth-order valence-electron chi connectivity index (χ4n) is 2.32. The van der Waals surface area contributed by atoms with Crippen LogP contribution in [-0.2, 0) is 4.74 Å². The second-order valence-electron chi connectivity index (χ2n) is 5.50. The van der Waals surface area contributed by atoms with Gasteiger partial charge in [-0.3, -0.25) is 0 Å². The van der Waals surface area contributed by atoms with Crippen LogP contribution < -0.4 is 0 Å². The molecule has 2 atom stereocenters. The third-order valence-electron chi connectivity index (χ3n) is 3.51. The monoisotopic (exact) mass is 276 g/mol. The van der Waals surface area contributed by atoms with Crippen molar-refractivity contribution in [3.8, 4) is 0 Å². The normalized spacial score (nSPS) is 30.8. The van der Waals surface area contributed by atoms with Gasteiger partial charge in [-0.1, -0.05) is 0 Å². The van der Waals surface area contributed by atoms with Crippen molar-refractivity contribution in [1.29, 1.82) is 0 Å². The molecular weight excluding hydrogens is 248 g/mol. The maximum atomic E-state index is 9.00. The van der Waals surface area contributed by atoms with Gasteiger partial charge in [-0.05, 0) is 26.9 Å². The Morgan fingerprint density at radius 3 is 1.79 bits per heavy atom. The highest BCUT2D eigenvalue weighted by Gasteiger charge is 2.24. The van der Waals surface area contributed by atoms with Gasteiger partial charge in [0.15, 0.2) is 0 Å². The van der Waals surface area contributed by atoms with Crippen LogP contribution in [0.4, 0.5) is 0 Å². The third kappa shape index (κ3) is 6.65. The largest absolute Gasteiger partial charge is 0.394 e. The number of ether oxygens (including phenoxy) is 1. The molecule has 0 aromatic rings. The van der Waals surface area contributed by atoms with E-state index in [1.165, 1.54) is 0 Å². The lowest BCUT2D eigenvalue weighted by molar-refractivity contribution is -0.112. The van der Waals surface area contributed by atoms with Gasteiger partial charge in [0, 0.05) is 26.2 Å². The fourth-order valence-corrected chi connectivity index (χ4v) is 2.32. The van der Waals surface area contributed by atoms with E-state index in [9.17, 15) is 0 Å². The molecule has 6 nitrogen and oxygen atoms in total. The van der Waals surface area contributed by atoms with Gasteiger partial charge in [0.25, 0.3) is 0 Å². The van der Waals surface area contributed by atoms with Crippen LogP contribution in [0.15, 0.2) is 0 Å². The van der Waals surface area contributed by atoms with Crippen LogP contribution in [-0.4, -0.2) is 96.9 Å². The molecule has 0 aromatic heterocycles. The topological polar surface area (TPSA) is 76.4 Å². The van der Waals surface area contributed by atoms with Crippen molar-refractivity contribution in [3.63, 3.8) is 0 Å². The zero-order valence-electron chi connectivity index (χ0n) is 12.0. The summed E-state index contributed by atoms with van der Waals surface area (Å²) in [6, 6.07) is 0. The van der Waals surface area contributed by atoms with E-state index in [1.54, 1.807) is 0 Å². The fraction of sp³-hybridized carbons (Fsp3) is 1.00. The summed E-state index contributed by atoms with van der Waals surface area (Å²) in [5.74, 6) is 0. The molecule has 2 saturated heterocycles. The van der Waals surface area contributed by atoms with Crippen LogP contribution in [0.2, 0.25) is 0 Å². The molecule has 0 bridgehead atoms. The van der Waals surface area contributed by atoms with Crippen LogP contribution >= 0.6 is 0 Å². The van der Waals surface area contributed by atoms with Gasteiger partial charge in [-0.25, -0.2) is 0 Å². The summed E-state index contributed by atoms with van der Waals surface area (Å²) >= 11 is 0. The number of aliphatic hydroxyl groups excluding tert-OH is 3. The van der Waals surface area contributed by atoms with Crippen molar-refractivity contribution in [2.24, 2.45) is 0 Å². The lowest BCUT2D eigenvalue weighted by atomic mass is 10.1. The SMILES string of the molecule is CN1CC(CO)OC(CO)C1.CN1CCC(O)CC1. The molecule has 2 heterocycles. The molecule has 2 unspecified atom stereocenters. The number of likely N-dealkylation sites (N-methyl/N-ethyl adjacent to an activating group) is 1. The molecule has 0 saturated carbocycles. The molecule has 19 heavy (non-hydrogen) atoms. The maximum absolute atomic E-state index is 9.00. The summed E-state index contributed by atoms with van der Waals surface area (Å²) in [6.07, 6.45) is 1.62. The second-order valence-corrected chi connectivity index (χ2v) is 5.50. The van der Waals surface area contributed by atoms with E-state index in [2.05, 4.69) is 11.9 Å². The molecule has 0 amide bonds. The highest BCUT2D eigenvalue weighted by molar-refractivity contribution is 4.74. The van der Waals surface area contributed by atoms with Crippen LogP contribution in [0, 0.1) is 0 Å². The number of rotatable bonds is 2. The van der Waals surface area contributed by atoms with Crippen molar-refractivity contribution >= 4 is 0 Å². The molecule has 0 aliphatic carbocycles. The number of likely N-dealkylation sites (tertiary alicyclic amines) is 1. The molecule has 2 aliphatic rings. The van der Waals surface area contributed by atoms with Gasteiger partial charge in [-0.2, -0.15) is 0 Å². The molecule has 0 radical (unpaired) electrons. The van der Waals surface area contributed by atoms with Crippen molar-refractivity contribution in [3.05, 3.63) is 0 Å². The van der Waals surface area contributed by atoms with Gasteiger partial charge in [-0.15, -0.1) is 0 Å². The number of morpholine rings is 1. The van der Waals surface area contributed by atoms with Crippen molar-refractivity contribution in [2.45, 2.75) is 31.2 Å². The summed E-state index contributed by atoms with van der Waals surface area (Å²) in [4.78, 5) is 4.29. The Bertz CT molecular complexity index is 213. The minimum absolute atomic E-state index is 0.0220. The summed E-state index contributed by atoms with van der Waals surface area (Å²) < 4.78 is 5.31. The Balaban J connectivity index is 0.000000200. The molecule has 6 heteroatoms. The molecule has 2 fully saturated rings. The first-order chi connectivity index (χ1) is 9.05. The number of hydrogen-bond donors (Lipinski definition) is 3. The van der Waals surface area contributed by atoms with Gasteiger partial charge >= 0.3 is 0 Å². The van der Waals surface area contributed by atoms with Crippen LogP contribution in [0.25, 0.3) is 0 Å². The number of nitrogens with zero attached hydrogens (tertiary/aromatic N) is 2. The number of aliphatic hydroxyl groups is 3. The first kappa shape index (κ1) is 16.8. The Morgan fingerprint density at radius 1 is 0.947 bits per heavy atom. The highest BCUT2D eigenvalue weighted by Crippen LogP contribution is 2.08. The average molecular weight is 276 g/mol. The van der Waals surface area contributed by atoms with E-state index >= 15 is 0 Å². The standard InChI is InChI=1S/C7H15NO3.C6H13NO/c1-8-2-6(4-9)11-7(3-8)5-10;1-7-4-2-6(8)3-5-7/h6-7,9-10H,2-5H2,1H3;6,8H,2-5H2,1H3. The van der Waals surface area contributed by atoms with Crippen LogP contribution in [0.5, 0.6) is 0 Å². The minimum Gasteiger partial charge on any atom is -0.394 e. The van der Waals surface area contributed by atoms with E-state index in [-0.39, 0.29) is 31.5 Å². The first-order valence-electron chi connectivity index (χ1n) is 6.97. The van der Waals surface area contributed by atoms with E-state index in [1.807, 2.05) is 11.9 Å². The van der Waals surface area contributed by atoms with Crippen molar-refractivity contribution in [1.82, 2.24) is 9.80 Å². The third-order valence-corrected chi connectivity index (χ3v) is 3.51. The quantitative estimate of drug-likeness (QED) is 0.585. The van der Waals surface area contributed by atoms with Gasteiger partial charge in [0.2, 0.25) is 0 Å².